The van der Waals surface area contributed by atoms with Crippen LogP contribution in [0.15, 0.2) is 40.0 Å². The molecule has 1 amide bonds. The van der Waals surface area contributed by atoms with Crippen LogP contribution in [0.3, 0.4) is 0 Å². The molecule has 0 aliphatic carbocycles. The van der Waals surface area contributed by atoms with Gasteiger partial charge in [-0.1, -0.05) is 17.7 Å². The van der Waals surface area contributed by atoms with Gasteiger partial charge < -0.3 is 15.0 Å². The highest BCUT2D eigenvalue weighted by Crippen LogP contribution is 2.17. The smallest absolute Gasteiger partial charge is 0.272 e. The highest BCUT2D eigenvalue weighted by molar-refractivity contribution is 7.91. The van der Waals surface area contributed by atoms with Crippen LogP contribution in [0.2, 0.25) is 0 Å². The van der Waals surface area contributed by atoms with E-state index in [1.165, 1.54) is 11.6 Å². The minimum Gasteiger partial charge on any atom is -0.503 e. The minimum absolute atomic E-state index is 0.0319. The molecule has 27 heavy (non-hydrogen) atoms. The molecule has 146 valence electrons. The second kappa shape index (κ2) is 7.96. The first-order valence-corrected chi connectivity index (χ1v) is 10.2. The van der Waals surface area contributed by atoms with Crippen LogP contribution in [-0.4, -0.2) is 35.8 Å². The van der Waals surface area contributed by atoms with E-state index < -0.39 is 26.9 Å². The fraction of sp³-hybridized carbons (Fsp3) is 0.368. The number of aryl methyl sites for hydroxylation is 2. The molecule has 0 unspecified atom stereocenters. The van der Waals surface area contributed by atoms with Gasteiger partial charge in [0.25, 0.3) is 5.91 Å². The van der Waals surface area contributed by atoms with Gasteiger partial charge in [-0.2, -0.15) is 0 Å². The Morgan fingerprint density at radius 1 is 1.22 bits per heavy atom. The quantitative estimate of drug-likeness (QED) is 0.776. The van der Waals surface area contributed by atoms with Crippen molar-refractivity contribution in [2.45, 2.75) is 38.1 Å². The number of benzene rings is 1. The molecule has 0 spiro atoms. The minimum atomic E-state index is -3.55. The number of hydrogen-bond donors (Lipinski definition) is 2. The van der Waals surface area contributed by atoms with Gasteiger partial charge in [-0.15, -0.1) is 0 Å². The summed E-state index contributed by atoms with van der Waals surface area (Å²) in [6.07, 6.45) is 0.0319. The average Bonchev–Trinajstić information content (AvgIpc) is 2.57. The lowest BCUT2D eigenvalue weighted by Crippen LogP contribution is -2.34. The van der Waals surface area contributed by atoms with Crippen LogP contribution in [0.1, 0.15) is 35.6 Å². The van der Waals surface area contributed by atoms with Gasteiger partial charge in [-0.3, -0.25) is 9.59 Å². The number of carbonyl (C=O) groups excluding carboxylic acids is 1. The van der Waals surface area contributed by atoms with E-state index in [1.807, 2.05) is 6.92 Å². The SMILES string of the molecule is Cc1ccc(S(=O)(=O)CCc2cc(=O)c(O)c(C(=O)NC(C)C)n2C)cc1. The van der Waals surface area contributed by atoms with Crippen molar-refractivity contribution < 1.29 is 18.3 Å². The van der Waals surface area contributed by atoms with Crippen molar-refractivity contribution in [1.29, 1.82) is 0 Å². The lowest BCUT2D eigenvalue weighted by molar-refractivity contribution is 0.0930. The molecule has 0 radical (unpaired) electrons. The van der Waals surface area contributed by atoms with Crippen molar-refractivity contribution in [3.63, 3.8) is 0 Å². The van der Waals surface area contributed by atoms with Gasteiger partial charge in [-0.25, -0.2) is 8.42 Å². The molecule has 8 heteroatoms. The number of pyridine rings is 1. The number of carbonyl (C=O) groups is 1. The molecule has 0 aliphatic heterocycles. The van der Waals surface area contributed by atoms with E-state index in [0.29, 0.717) is 5.69 Å². The third kappa shape index (κ3) is 4.77. The number of rotatable bonds is 6. The largest absolute Gasteiger partial charge is 0.503 e. The lowest BCUT2D eigenvalue weighted by Gasteiger charge is -2.17. The van der Waals surface area contributed by atoms with Gasteiger partial charge >= 0.3 is 0 Å². The Bertz CT molecular complexity index is 1010. The van der Waals surface area contributed by atoms with Crippen LogP contribution < -0.4 is 10.7 Å². The van der Waals surface area contributed by atoms with Crippen molar-refractivity contribution in [2.75, 3.05) is 5.75 Å². The molecule has 2 N–H and O–H groups in total. The van der Waals surface area contributed by atoms with E-state index in [2.05, 4.69) is 5.32 Å². The van der Waals surface area contributed by atoms with Crippen molar-refractivity contribution in [3.05, 3.63) is 57.5 Å². The first kappa shape index (κ1) is 20.7. The topological polar surface area (TPSA) is 105 Å². The van der Waals surface area contributed by atoms with Crippen LogP contribution in [0.25, 0.3) is 0 Å². The number of amides is 1. The predicted octanol–water partition coefficient (Wildman–Crippen LogP) is 1.55. The molecular weight excluding hydrogens is 368 g/mol. The lowest BCUT2D eigenvalue weighted by atomic mass is 10.2. The number of nitrogens with one attached hydrogen (secondary N) is 1. The summed E-state index contributed by atoms with van der Waals surface area (Å²) in [6, 6.07) is 7.50. The number of aromatic hydroxyl groups is 1. The van der Waals surface area contributed by atoms with E-state index in [0.717, 1.165) is 11.6 Å². The fourth-order valence-corrected chi connectivity index (χ4v) is 3.93. The zero-order valence-corrected chi connectivity index (χ0v) is 16.6. The van der Waals surface area contributed by atoms with Gasteiger partial charge in [0, 0.05) is 31.3 Å². The number of sulfone groups is 1. The molecule has 0 aliphatic rings. The van der Waals surface area contributed by atoms with Crippen LogP contribution in [0.4, 0.5) is 0 Å². The van der Waals surface area contributed by atoms with Crippen LogP contribution in [0.5, 0.6) is 5.75 Å². The first-order valence-electron chi connectivity index (χ1n) is 8.55. The van der Waals surface area contributed by atoms with Gasteiger partial charge in [0.2, 0.25) is 5.43 Å². The molecular formula is C19H24N2O5S. The second-order valence-corrected chi connectivity index (χ2v) is 8.88. The third-order valence-corrected chi connectivity index (χ3v) is 5.90. The molecule has 0 atom stereocenters. The summed E-state index contributed by atoms with van der Waals surface area (Å²) in [5.41, 5.74) is 0.404. The van der Waals surface area contributed by atoms with E-state index in [4.69, 9.17) is 0 Å². The highest BCUT2D eigenvalue weighted by atomic mass is 32.2. The number of aromatic nitrogens is 1. The summed E-state index contributed by atoms with van der Waals surface area (Å²) < 4.78 is 26.4. The maximum absolute atomic E-state index is 12.5. The summed E-state index contributed by atoms with van der Waals surface area (Å²) in [5, 5.41) is 12.6. The molecule has 0 saturated carbocycles. The van der Waals surface area contributed by atoms with Gasteiger partial charge in [0.05, 0.1) is 10.6 Å². The Morgan fingerprint density at radius 3 is 2.37 bits per heavy atom. The monoisotopic (exact) mass is 392 g/mol. The second-order valence-electron chi connectivity index (χ2n) is 6.77. The molecule has 0 fully saturated rings. The van der Waals surface area contributed by atoms with E-state index in [-0.39, 0.29) is 28.8 Å². The summed E-state index contributed by atoms with van der Waals surface area (Å²) >= 11 is 0. The Morgan fingerprint density at radius 2 is 1.81 bits per heavy atom. The first-order chi connectivity index (χ1) is 12.5. The van der Waals surface area contributed by atoms with Crippen molar-refractivity contribution in [3.8, 4) is 5.75 Å². The summed E-state index contributed by atoms with van der Waals surface area (Å²) in [4.78, 5) is 24.6. The number of hydrogen-bond acceptors (Lipinski definition) is 5. The van der Waals surface area contributed by atoms with E-state index in [1.54, 1.807) is 38.1 Å². The van der Waals surface area contributed by atoms with Crippen LogP contribution in [-0.2, 0) is 23.3 Å². The highest BCUT2D eigenvalue weighted by Gasteiger charge is 2.21. The Labute approximate surface area is 158 Å². The van der Waals surface area contributed by atoms with E-state index >= 15 is 0 Å². The summed E-state index contributed by atoms with van der Waals surface area (Å²) in [5.74, 6) is -1.47. The van der Waals surface area contributed by atoms with E-state index in [9.17, 15) is 23.1 Å². The normalized spacial score (nSPS) is 11.6. The number of nitrogens with zero attached hydrogens (tertiary/aromatic N) is 1. The Hall–Kier alpha value is -2.61. The third-order valence-electron chi connectivity index (χ3n) is 4.16. The Balaban J connectivity index is 2.34. The van der Waals surface area contributed by atoms with Crippen molar-refractivity contribution in [2.24, 2.45) is 7.05 Å². The molecule has 0 saturated heterocycles. The standard InChI is InChI=1S/C19H24N2O5S/c1-12(2)20-19(24)17-18(23)16(22)11-14(21(17)4)9-10-27(25,26)15-7-5-13(3)6-8-15/h5-8,11-12,23H,9-10H2,1-4H3,(H,20,24). The summed E-state index contributed by atoms with van der Waals surface area (Å²) in [7, 11) is -2.03. The Kier molecular flexibility index (Phi) is 6.10. The van der Waals surface area contributed by atoms with Crippen molar-refractivity contribution >= 4 is 15.7 Å². The summed E-state index contributed by atoms with van der Waals surface area (Å²) in [6.45, 7) is 5.38. The van der Waals surface area contributed by atoms with Crippen LogP contribution in [0, 0.1) is 6.92 Å². The maximum atomic E-state index is 12.5. The van der Waals surface area contributed by atoms with Gasteiger partial charge in [0.1, 0.15) is 0 Å². The van der Waals surface area contributed by atoms with Gasteiger partial charge in [0.15, 0.2) is 21.3 Å². The molecule has 0 bridgehead atoms. The maximum Gasteiger partial charge on any atom is 0.272 e. The van der Waals surface area contributed by atoms with Crippen molar-refractivity contribution in [1.82, 2.24) is 9.88 Å². The molecule has 7 nitrogen and oxygen atoms in total. The molecule has 1 heterocycles. The molecule has 1 aromatic heterocycles. The molecule has 1 aromatic carbocycles. The average molecular weight is 392 g/mol. The zero-order valence-electron chi connectivity index (χ0n) is 15.8. The molecule has 2 rings (SSSR count). The predicted molar refractivity (Wildman–Crippen MR) is 103 cm³/mol. The van der Waals surface area contributed by atoms with Gasteiger partial charge in [-0.05, 0) is 32.9 Å². The fourth-order valence-electron chi connectivity index (χ4n) is 2.67. The zero-order chi connectivity index (χ0) is 20.4. The molecule has 2 aromatic rings. The van der Waals surface area contributed by atoms with Crippen LogP contribution >= 0.6 is 0 Å².